The van der Waals surface area contributed by atoms with Gasteiger partial charge in [0.1, 0.15) is 18.1 Å². The Labute approximate surface area is 118 Å². The van der Waals surface area contributed by atoms with Gasteiger partial charge in [0.2, 0.25) is 0 Å². The molecule has 4 N–H and O–H groups in total. The molecule has 0 amide bonds. The maximum atomic E-state index is 9.94. The molecular weight excluding hydrogens is 254 g/mol. The number of hydrogen-bond donors (Lipinski definition) is 3. The van der Waals surface area contributed by atoms with Gasteiger partial charge in [0, 0.05) is 24.3 Å². The van der Waals surface area contributed by atoms with Gasteiger partial charge in [-0.2, -0.15) is 0 Å². The molecule has 4 nitrogen and oxygen atoms in total. The van der Waals surface area contributed by atoms with Crippen molar-refractivity contribution in [3.05, 3.63) is 59.7 Å². The summed E-state index contributed by atoms with van der Waals surface area (Å²) >= 11 is 0. The van der Waals surface area contributed by atoms with Gasteiger partial charge in [-0.05, 0) is 18.1 Å². The van der Waals surface area contributed by atoms with E-state index in [0.717, 1.165) is 5.56 Å². The summed E-state index contributed by atoms with van der Waals surface area (Å²) in [6.07, 6.45) is 0.414. The van der Waals surface area contributed by atoms with E-state index < -0.39 is 0 Å². The molecule has 0 aromatic heterocycles. The van der Waals surface area contributed by atoms with E-state index in [4.69, 9.17) is 15.6 Å². The van der Waals surface area contributed by atoms with Crippen molar-refractivity contribution in [2.75, 3.05) is 6.61 Å². The molecule has 0 aliphatic carbocycles. The number of phenolic OH excluding ortho intramolecular Hbond substituents is 1. The van der Waals surface area contributed by atoms with Crippen LogP contribution in [0.4, 0.5) is 0 Å². The molecule has 2 aromatic rings. The zero-order valence-corrected chi connectivity index (χ0v) is 11.2. The molecule has 0 bridgehead atoms. The number of aromatic hydroxyl groups is 1. The van der Waals surface area contributed by atoms with E-state index >= 15 is 0 Å². The van der Waals surface area contributed by atoms with Crippen LogP contribution in [0.1, 0.15) is 23.6 Å². The molecule has 20 heavy (non-hydrogen) atoms. The highest BCUT2D eigenvalue weighted by molar-refractivity contribution is 5.41. The second-order valence-corrected chi connectivity index (χ2v) is 4.61. The maximum Gasteiger partial charge on any atom is 0.124 e. The molecule has 0 saturated heterocycles. The summed E-state index contributed by atoms with van der Waals surface area (Å²) in [4.78, 5) is 0. The van der Waals surface area contributed by atoms with Crippen molar-refractivity contribution in [1.82, 2.24) is 0 Å². The first-order valence-corrected chi connectivity index (χ1v) is 6.57. The Morgan fingerprint density at radius 2 is 1.85 bits per heavy atom. The highest BCUT2D eigenvalue weighted by atomic mass is 16.5. The molecule has 2 aromatic carbocycles. The summed E-state index contributed by atoms with van der Waals surface area (Å²) in [6.45, 7) is 0.440. The average Bonchev–Trinajstić information content (AvgIpc) is 2.46. The van der Waals surface area contributed by atoms with Crippen LogP contribution in [-0.2, 0) is 6.61 Å². The molecule has 0 heterocycles. The van der Waals surface area contributed by atoms with Gasteiger partial charge in [-0.15, -0.1) is 0 Å². The Hall–Kier alpha value is -2.04. The van der Waals surface area contributed by atoms with Crippen LogP contribution in [0.15, 0.2) is 48.5 Å². The summed E-state index contributed by atoms with van der Waals surface area (Å²) in [5, 5.41) is 18.8. The van der Waals surface area contributed by atoms with Gasteiger partial charge >= 0.3 is 0 Å². The van der Waals surface area contributed by atoms with Gasteiger partial charge in [0.15, 0.2) is 0 Å². The lowest BCUT2D eigenvalue weighted by atomic mass is 10.0. The Morgan fingerprint density at radius 1 is 1.10 bits per heavy atom. The summed E-state index contributed by atoms with van der Waals surface area (Å²) < 4.78 is 5.62. The minimum atomic E-state index is -0.372. The van der Waals surface area contributed by atoms with Gasteiger partial charge in [-0.1, -0.05) is 36.4 Å². The number of phenols is 1. The second kappa shape index (κ2) is 6.93. The number of ether oxygens (including phenoxy) is 1. The van der Waals surface area contributed by atoms with Crippen LogP contribution in [0, 0.1) is 0 Å². The molecule has 0 spiro atoms. The van der Waals surface area contributed by atoms with Crippen molar-refractivity contribution < 1.29 is 14.9 Å². The van der Waals surface area contributed by atoms with Crippen LogP contribution < -0.4 is 10.5 Å². The Kier molecular flexibility index (Phi) is 4.98. The van der Waals surface area contributed by atoms with Crippen molar-refractivity contribution in [1.29, 1.82) is 0 Å². The molecular formula is C16H19NO3. The van der Waals surface area contributed by atoms with E-state index in [1.54, 1.807) is 18.2 Å². The smallest absolute Gasteiger partial charge is 0.124 e. The molecule has 0 radical (unpaired) electrons. The summed E-state index contributed by atoms with van der Waals surface area (Å²) in [6, 6.07) is 14.5. The van der Waals surface area contributed by atoms with Gasteiger partial charge in [-0.25, -0.2) is 0 Å². The largest absolute Gasteiger partial charge is 0.507 e. The molecule has 0 saturated carbocycles. The van der Waals surface area contributed by atoms with Crippen LogP contribution in [0.25, 0.3) is 0 Å². The van der Waals surface area contributed by atoms with Gasteiger partial charge in [0.25, 0.3) is 0 Å². The number of aliphatic hydroxyl groups is 1. The third-order valence-corrected chi connectivity index (χ3v) is 3.09. The fourth-order valence-corrected chi connectivity index (χ4v) is 1.96. The lowest BCUT2D eigenvalue weighted by Crippen LogP contribution is -2.12. The van der Waals surface area contributed by atoms with Crippen LogP contribution in [0.2, 0.25) is 0 Å². The number of nitrogens with two attached hydrogens (primary N) is 1. The van der Waals surface area contributed by atoms with E-state index in [1.807, 2.05) is 30.3 Å². The first-order chi connectivity index (χ1) is 9.70. The predicted octanol–water partition coefficient (Wildman–Crippen LogP) is 2.35. The Bertz CT molecular complexity index is 543. The van der Waals surface area contributed by atoms with Crippen LogP contribution in [-0.4, -0.2) is 16.8 Å². The fourth-order valence-electron chi connectivity index (χ4n) is 1.96. The third-order valence-electron chi connectivity index (χ3n) is 3.09. The van der Waals surface area contributed by atoms with E-state index in [-0.39, 0.29) is 18.4 Å². The van der Waals surface area contributed by atoms with Crippen molar-refractivity contribution in [2.45, 2.75) is 19.1 Å². The quantitative estimate of drug-likeness (QED) is 0.755. The molecule has 106 valence electrons. The van der Waals surface area contributed by atoms with Crippen LogP contribution in [0.5, 0.6) is 11.5 Å². The minimum Gasteiger partial charge on any atom is -0.507 e. The van der Waals surface area contributed by atoms with Crippen LogP contribution in [0.3, 0.4) is 0 Å². The average molecular weight is 273 g/mol. The van der Waals surface area contributed by atoms with Crippen molar-refractivity contribution in [2.24, 2.45) is 5.73 Å². The highest BCUT2D eigenvalue weighted by Gasteiger charge is 2.11. The van der Waals surface area contributed by atoms with E-state index in [2.05, 4.69) is 0 Å². The van der Waals surface area contributed by atoms with E-state index in [0.29, 0.717) is 24.3 Å². The van der Waals surface area contributed by atoms with E-state index in [1.165, 1.54) is 0 Å². The molecule has 0 aliphatic heterocycles. The van der Waals surface area contributed by atoms with Gasteiger partial charge < -0.3 is 20.7 Å². The highest BCUT2D eigenvalue weighted by Crippen LogP contribution is 2.29. The van der Waals surface area contributed by atoms with Crippen molar-refractivity contribution in [3.8, 4) is 11.5 Å². The van der Waals surface area contributed by atoms with Crippen molar-refractivity contribution >= 4 is 0 Å². The van der Waals surface area contributed by atoms with Crippen LogP contribution >= 0.6 is 0 Å². The monoisotopic (exact) mass is 273 g/mol. The fraction of sp³-hybridized carbons (Fsp3) is 0.250. The second-order valence-electron chi connectivity index (χ2n) is 4.61. The summed E-state index contributed by atoms with van der Waals surface area (Å²) in [5.74, 6) is 0.683. The SMILES string of the molecule is N[C@H](CCO)c1ccc(OCc2ccccc2)cc1O. The number of rotatable bonds is 6. The number of hydrogen-bond acceptors (Lipinski definition) is 4. The molecule has 0 fully saturated rings. The summed E-state index contributed by atoms with van der Waals surface area (Å²) in [7, 11) is 0. The van der Waals surface area contributed by atoms with Gasteiger partial charge in [0.05, 0.1) is 0 Å². The molecule has 2 rings (SSSR count). The summed E-state index contributed by atoms with van der Waals surface area (Å²) in [5.41, 5.74) is 7.54. The first-order valence-electron chi connectivity index (χ1n) is 6.57. The number of aliphatic hydroxyl groups excluding tert-OH is 1. The standard InChI is InChI=1S/C16H19NO3/c17-15(8-9-18)14-7-6-13(10-16(14)19)20-11-12-4-2-1-3-5-12/h1-7,10,15,18-19H,8-9,11,17H2/t15-/m1/s1. The molecule has 1 atom stereocenters. The zero-order chi connectivity index (χ0) is 14.4. The zero-order valence-electron chi connectivity index (χ0n) is 11.2. The van der Waals surface area contributed by atoms with E-state index in [9.17, 15) is 5.11 Å². The van der Waals surface area contributed by atoms with Gasteiger partial charge in [-0.3, -0.25) is 0 Å². The first kappa shape index (κ1) is 14.4. The lowest BCUT2D eigenvalue weighted by molar-refractivity contribution is 0.275. The molecule has 0 aliphatic rings. The number of benzene rings is 2. The van der Waals surface area contributed by atoms with Crippen molar-refractivity contribution in [3.63, 3.8) is 0 Å². The molecule has 0 unspecified atom stereocenters. The lowest BCUT2D eigenvalue weighted by Gasteiger charge is -2.14. The topological polar surface area (TPSA) is 75.7 Å². The maximum absolute atomic E-state index is 9.94. The minimum absolute atomic E-state index is 0.00708. The Balaban J connectivity index is 2.02. The molecule has 4 heteroatoms. The third kappa shape index (κ3) is 3.73. The predicted molar refractivity (Wildman–Crippen MR) is 77.5 cm³/mol. The Morgan fingerprint density at radius 3 is 2.50 bits per heavy atom. The normalized spacial score (nSPS) is 12.1.